The molecule has 0 fully saturated rings. The Morgan fingerprint density at radius 1 is 1.03 bits per heavy atom. The van der Waals surface area contributed by atoms with Crippen molar-refractivity contribution < 1.29 is 14.3 Å². The van der Waals surface area contributed by atoms with Crippen molar-refractivity contribution >= 4 is 17.2 Å². The standard InChI is InChI=1S/C23H26N2O3S/c1-15(2)11-22(26)24-13-16-5-7-17(8-6-16)23-25-19(14-29-23)18-9-10-20(27-3)21(12-18)28-4/h5-10,12,14-15H,11,13H2,1-4H3,(H,24,26). The summed E-state index contributed by atoms with van der Waals surface area (Å²) < 4.78 is 10.7. The number of hydrogen-bond donors (Lipinski definition) is 1. The Bertz CT molecular complexity index is 965. The normalized spacial score (nSPS) is 10.8. The molecule has 6 heteroatoms. The maximum Gasteiger partial charge on any atom is 0.220 e. The van der Waals surface area contributed by atoms with Crippen LogP contribution in [0.25, 0.3) is 21.8 Å². The van der Waals surface area contributed by atoms with Gasteiger partial charge in [0.05, 0.1) is 19.9 Å². The summed E-state index contributed by atoms with van der Waals surface area (Å²) >= 11 is 1.60. The summed E-state index contributed by atoms with van der Waals surface area (Å²) in [7, 11) is 3.25. The number of hydrogen-bond acceptors (Lipinski definition) is 5. The van der Waals surface area contributed by atoms with Gasteiger partial charge in [-0.05, 0) is 29.7 Å². The van der Waals surface area contributed by atoms with Gasteiger partial charge in [0.1, 0.15) is 5.01 Å². The van der Waals surface area contributed by atoms with Gasteiger partial charge in [-0.15, -0.1) is 11.3 Å². The molecule has 0 radical (unpaired) electrons. The second-order valence-corrected chi connectivity index (χ2v) is 8.04. The van der Waals surface area contributed by atoms with Crippen LogP contribution in [0, 0.1) is 5.92 Å². The number of nitrogens with zero attached hydrogens (tertiary/aromatic N) is 1. The molecule has 0 saturated carbocycles. The molecule has 0 spiro atoms. The Morgan fingerprint density at radius 2 is 1.72 bits per heavy atom. The van der Waals surface area contributed by atoms with Crippen molar-refractivity contribution in [2.24, 2.45) is 5.92 Å². The minimum absolute atomic E-state index is 0.0866. The van der Waals surface area contributed by atoms with E-state index in [2.05, 4.69) is 5.32 Å². The van der Waals surface area contributed by atoms with E-state index < -0.39 is 0 Å². The van der Waals surface area contributed by atoms with E-state index in [4.69, 9.17) is 14.5 Å². The average Bonchev–Trinajstić information content (AvgIpc) is 3.22. The number of carbonyl (C=O) groups is 1. The van der Waals surface area contributed by atoms with Gasteiger partial charge in [-0.1, -0.05) is 38.1 Å². The first-order valence-corrected chi connectivity index (χ1v) is 10.4. The van der Waals surface area contributed by atoms with Crippen LogP contribution in [0.15, 0.2) is 47.8 Å². The monoisotopic (exact) mass is 410 g/mol. The molecule has 0 unspecified atom stereocenters. The summed E-state index contributed by atoms with van der Waals surface area (Å²) in [6, 6.07) is 13.9. The molecule has 1 N–H and O–H groups in total. The number of carbonyl (C=O) groups excluding carboxylic acids is 1. The number of methoxy groups -OCH3 is 2. The van der Waals surface area contributed by atoms with Gasteiger partial charge >= 0.3 is 0 Å². The molecule has 0 aliphatic rings. The van der Waals surface area contributed by atoms with Crippen LogP contribution in [-0.4, -0.2) is 25.1 Å². The molecule has 1 amide bonds. The third-order valence-electron chi connectivity index (χ3n) is 4.47. The highest BCUT2D eigenvalue weighted by Crippen LogP contribution is 2.34. The van der Waals surface area contributed by atoms with E-state index in [1.807, 2.05) is 61.7 Å². The largest absolute Gasteiger partial charge is 0.493 e. The van der Waals surface area contributed by atoms with E-state index in [0.717, 1.165) is 27.4 Å². The van der Waals surface area contributed by atoms with Gasteiger partial charge in [0.15, 0.2) is 11.5 Å². The number of nitrogens with one attached hydrogen (secondary N) is 1. The van der Waals surface area contributed by atoms with E-state index >= 15 is 0 Å². The molecule has 0 atom stereocenters. The number of ether oxygens (including phenoxy) is 2. The Labute approximate surface area is 175 Å². The highest BCUT2D eigenvalue weighted by molar-refractivity contribution is 7.13. The summed E-state index contributed by atoms with van der Waals surface area (Å²) in [6.45, 7) is 4.62. The first kappa shape index (κ1) is 20.9. The Balaban J connectivity index is 1.70. The fraction of sp³-hybridized carbons (Fsp3) is 0.304. The SMILES string of the molecule is COc1ccc(-c2csc(-c3ccc(CNC(=O)CC(C)C)cc3)n2)cc1OC. The molecule has 1 heterocycles. The molecule has 0 saturated heterocycles. The van der Waals surface area contributed by atoms with Crippen molar-refractivity contribution in [1.82, 2.24) is 10.3 Å². The molecule has 152 valence electrons. The summed E-state index contributed by atoms with van der Waals surface area (Å²) in [5.74, 6) is 1.83. The van der Waals surface area contributed by atoms with Crippen molar-refractivity contribution in [3.8, 4) is 33.3 Å². The molecule has 3 aromatic rings. The Hall–Kier alpha value is -2.86. The lowest BCUT2D eigenvalue weighted by molar-refractivity contribution is -0.121. The van der Waals surface area contributed by atoms with Crippen LogP contribution in [0.1, 0.15) is 25.8 Å². The van der Waals surface area contributed by atoms with Crippen LogP contribution in [-0.2, 0) is 11.3 Å². The molecule has 3 rings (SSSR count). The quantitative estimate of drug-likeness (QED) is 0.557. The Kier molecular flexibility index (Phi) is 6.88. The Morgan fingerprint density at radius 3 is 2.38 bits per heavy atom. The molecule has 0 bridgehead atoms. The highest BCUT2D eigenvalue weighted by Gasteiger charge is 2.11. The molecule has 0 aliphatic heterocycles. The fourth-order valence-electron chi connectivity index (χ4n) is 2.94. The minimum Gasteiger partial charge on any atom is -0.493 e. The smallest absolute Gasteiger partial charge is 0.220 e. The van der Waals surface area contributed by atoms with Crippen LogP contribution in [0.4, 0.5) is 0 Å². The number of thiazole rings is 1. The van der Waals surface area contributed by atoms with Crippen LogP contribution in [0.3, 0.4) is 0 Å². The molecule has 0 aliphatic carbocycles. The lowest BCUT2D eigenvalue weighted by atomic mass is 10.1. The van der Waals surface area contributed by atoms with E-state index in [-0.39, 0.29) is 5.91 Å². The number of benzene rings is 2. The predicted octanol–water partition coefficient (Wildman–Crippen LogP) is 5.16. The molecule has 2 aromatic carbocycles. The zero-order valence-electron chi connectivity index (χ0n) is 17.2. The summed E-state index contributed by atoms with van der Waals surface area (Å²) in [6.07, 6.45) is 0.552. The summed E-state index contributed by atoms with van der Waals surface area (Å²) in [4.78, 5) is 16.6. The van der Waals surface area contributed by atoms with Gasteiger partial charge in [-0.2, -0.15) is 0 Å². The van der Waals surface area contributed by atoms with Crippen LogP contribution in [0.2, 0.25) is 0 Å². The fourth-order valence-corrected chi connectivity index (χ4v) is 3.78. The van der Waals surface area contributed by atoms with Crippen molar-refractivity contribution in [2.45, 2.75) is 26.8 Å². The van der Waals surface area contributed by atoms with Gasteiger partial charge in [0.25, 0.3) is 0 Å². The van der Waals surface area contributed by atoms with Crippen molar-refractivity contribution in [3.63, 3.8) is 0 Å². The minimum atomic E-state index is 0.0866. The summed E-state index contributed by atoms with van der Waals surface area (Å²) in [5.41, 5.74) is 4.01. The van der Waals surface area contributed by atoms with Gasteiger partial charge < -0.3 is 14.8 Å². The van der Waals surface area contributed by atoms with Crippen molar-refractivity contribution in [2.75, 3.05) is 14.2 Å². The predicted molar refractivity (Wildman–Crippen MR) is 117 cm³/mol. The molecular weight excluding hydrogens is 384 g/mol. The van der Waals surface area contributed by atoms with Crippen LogP contribution < -0.4 is 14.8 Å². The topological polar surface area (TPSA) is 60.5 Å². The molecule has 1 aromatic heterocycles. The van der Waals surface area contributed by atoms with Gasteiger partial charge in [0.2, 0.25) is 5.91 Å². The van der Waals surface area contributed by atoms with Gasteiger partial charge in [-0.3, -0.25) is 4.79 Å². The van der Waals surface area contributed by atoms with Crippen LogP contribution in [0.5, 0.6) is 11.5 Å². The average molecular weight is 411 g/mol. The second kappa shape index (κ2) is 9.56. The van der Waals surface area contributed by atoms with Crippen molar-refractivity contribution in [1.29, 1.82) is 0 Å². The zero-order chi connectivity index (χ0) is 20.8. The van der Waals surface area contributed by atoms with Crippen molar-refractivity contribution in [3.05, 3.63) is 53.4 Å². The van der Waals surface area contributed by atoms with Crippen LogP contribution >= 0.6 is 11.3 Å². The molecular formula is C23H26N2O3S. The maximum atomic E-state index is 11.8. The zero-order valence-corrected chi connectivity index (χ0v) is 18.0. The highest BCUT2D eigenvalue weighted by atomic mass is 32.1. The van der Waals surface area contributed by atoms with Gasteiger partial charge in [-0.25, -0.2) is 4.98 Å². The summed E-state index contributed by atoms with van der Waals surface area (Å²) in [5, 5.41) is 5.95. The molecule has 5 nitrogen and oxygen atoms in total. The lowest BCUT2D eigenvalue weighted by Crippen LogP contribution is -2.23. The molecule has 29 heavy (non-hydrogen) atoms. The first-order valence-electron chi connectivity index (χ1n) is 9.54. The first-order chi connectivity index (χ1) is 14.0. The third kappa shape index (κ3) is 5.35. The third-order valence-corrected chi connectivity index (χ3v) is 5.36. The van der Waals surface area contributed by atoms with E-state index in [1.54, 1.807) is 25.6 Å². The number of aromatic nitrogens is 1. The second-order valence-electron chi connectivity index (χ2n) is 7.18. The van der Waals surface area contributed by atoms with E-state index in [0.29, 0.717) is 30.4 Å². The lowest BCUT2D eigenvalue weighted by Gasteiger charge is -2.08. The number of amides is 1. The van der Waals surface area contributed by atoms with Gasteiger partial charge in [0, 0.05) is 29.5 Å². The maximum absolute atomic E-state index is 11.8. The number of rotatable bonds is 8. The van der Waals surface area contributed by atoms with E-state index in [1.165, 1.54) is 0 Å². The van der Waals surface area contributed by atoms with E-state index in [9.17, 15) is 4.79 Å².